The summed E-state index contributed by atoms with van der Waals surface area (Å²) in [5.74, 6) is -1.78. The highest BCUT2D eigenvalue weighted by Crippen LogP contribution is 2.26. The van der Waals surface area contributed by atoms with Crippen LogP contribution >= 0.6 is 0 Å². The third kappa shape index (κ3) is 4.58. The van der Waals surface area contributed by atoms with E-state index < -0.39 is 29.8 Å². The third-order valence-corrected chi connectivity index (χ3v) is 3.60. The monoisotopic (exact) mass is 357 g/mol. The first-order valence-electron chi connectivity index (χ1n) is 7.68. The van der Waals surface area contributed by atoms with E-state index in [2.05, 4.69) is 4.74 Å². The molecule has 1 aromatic rings. The Hall–Kier alpha value is -2.38. The van der Waals surface area contributed by atoms with Crippen LogP contribution in [0.25, 0.3) is 0 Å². The van der Waals surface area contributed by atoms with E-state index in [-0.39, 0.29) is 12.1 Å². The number of methoxy groups -OCH3 is 2. The predicted octanol–water partition coefficient (Wildman–Crippen LogP) is 2.73. The van der Waals surface area contributed by atoms with Gasteiger partial charge in [-0.2, -0.15) is 0 Å². The van der Waals surface area contributed by atoms with Crippen LogP contribution in [0.3, 0.4) is 0 Å². The molecule has 0 saturated heterocycles. The van der Waals surface area contributed by atoms with E-state index in [4.69, 9.17) is 9.47 Å². The third-order valence-electron chi connectivity index (χ3n) is 3.60. The quantitative estimate of drug-likeness (QED) is 0.608. The van der Waals surface area contributed by atoms with Gasteiger partial charge in [-0.3, -0.25) is 0 Å². The van der Waals surface area contributed by atoms with Crippen molar-refractivity contribution in [3.63, 3.8) is 0 Å². The van der Waals surface area contributed by atoms with Gasteiger partial charge >= 0.3 is 18.0 Å². The van der Waals surface area contributed by atoms with Crippen LogP contribution in [-0.4, -0.2) is 48.6 Å². The highest BCUT2D eigenvalue weighted by molar-refractivity contribution is 5.95. The molecule has 1 heterocycles. The molecule has 0 aliphatic heterocycles. The van der Waals surface area contributed by atoms with Crippen LogP contribution in [0.4, 0.5) is 9.18 Å². The van der Waals surface area contributed by atoms with Crippen LogP contribution in [0, 0.1) is 13.8 Å². The number of halogens is 1. The fraction of sp³-hybridized carbons (Fsp3) is 0.588. The molecule has 0 fully saturated rings. The van der Waals surface area contributed by atoms with Crippen LogP contribution in [0.2, 0.25) is 0 Å². The zero-order valence-electron chi connectivity index (χ0n) is 15.6. The van der Waals surface area contributed by atoms with E-state index >= 15 is 0 Å². The van der Waals surface area contributed by atoms with Gasteiger partial charge < -0.3 is 14.2 Å². The lowest BCUT2D eigenvalue weighted by Crippen LogP contribution is -2.30. The second kappa shape index (κ2) is 7.67. The number of esters is 2. The molecule has 0 aliphatic carbocycles. The first-order chi connectivity index (χ1) is 11.4. The Morgan fingerprint density at radius 1 is 1.12 bits per heavy atom. The van der Waals surface area contributed by atoms with Crippen LogP contribution in [0.15, 0.2) is 0 Å². The van der Waals surface area contributed by atoms with Crippen LogP contribution in [-0.2, 0) is 25.4 Å². The second-order valence-electron chi connectivity index (χ2n) is 6.54. The van der Waals surface area contributed by atoms with Gasteiger partial charge in [-0.15, -0.1) is 0 Å². The molecule has 0 radical (unpaired) electrons. The summed E-state index contributed by atoms with van der Waals surface area (Å²) in [6, 6.07) is 0. The standard InChI is InChI=1S/C17H24FNO6/c1-9-11(8-12(18)14(20)23-6)10(2)19(13(9)15(21)24-7)16(22)25-17(3,4)5/h12H,8H2,1-7H3. The second-order valence-corrected chi connectivity index (χ2v) is 6.54. The Morgan fingerprint density at radius 2 is 1.68 bits per heavy atom. The van der Waals surface area contributed by atoms with Crippen molar-refractivity contribution in [2.24, 2.45) is 0 Å². The van der Waals surface area contributed by atoms with Crippen molar-refractivity contribution >= 4 is 18.0 Å². The fourth-order valence-electron chi connectivity index (χ4n) is 2.45. The molecule has 0 aromatic carbocycles. The number of hydrogen-bond acceptors (Lipinski definition) is 6. The van der Waals surface area contributed by atoms with Crippen molar-refractivity contribution in [1.29, 1.82) is 0 Å². The highest BCUT2D eigenvalue weighted by Gasteiger charge is 2.31. The molecule has 1 aromatic heterocycles. The Bertz CT molecular complexity index is 686. The molecule has 0 N–H and O–H groups in total. The van der Waals surface area contributed by atoms with Gasteiger partial charge in [-0.1, -0.05) is 0 Å². The summed E-state index contributed by atoms with van der Waals surface area (Å²) in [7, 11) is 2.26. The lowest BCUT2D eigenvalue weighted by Gasteiger charge is -2.21. The minimum absolute atomic E-state index is 0.0543. The normalized spacial score (nSPS) is 12.5. The number of nitrogens with zero attached hydrogens (tertiary/aromatic N) is 1. The van der Waals surface area contributed by atoms with Gasteiger partial charge in [0.05, 0.1) is 14.2 Å². The predicted molar refractivity (Wildman–Crippen MR) is 87.5 cm³/mol. The topological polar surface area (TPSA) is 83.8 Å². The van der Waals surface area contributed by atoms with Crippen LogP contribution in [0.1, 0.15) is 48.1 Å². The van der Waals surface area contributed by atoms with Gasteiger partial charge in [0, 0.05) is 12.1 Å². The molecule has 0 bridgehead atoms. The van der Waals surface area contributed by atoms with Crippen molar-refractivity contribution in [3.05, 3.63) is 22.5 Å². The summed E-state index contributed by atoms with van der Waals surface area (Å²) in [4.78, 5) is 36.0. The number of ether oxygens (including phenoxy) is 3. The van der Waals surface area contributed by atoms with Gasteiger partial charge in [0.15, 0.2) is 0 Å². The smallest absolute Gasteiger partial charge is 0.419 e. The maximum atomic E-state index is 14.0. The van der Waals surface area contributed by atoms with Gasteiger partial charge in [0.2, 0.25) is 6.17 Å². The summed E-state index contributed by atoms with van der Waals surface area (Å²) in [5.41, 5.74) is 0.162. The maximum absolute atomic E-state index is 14.0. The number of carbonyl (C=O) groups is 3. The molecule has 0 aliphatic rings. The van der Waals surface area contributed by atoms with E-state index in [0.29, 0.717) is 16.8 Å². The number of hydrogen-bond donors (Lipinski definition) is 0. The highest BCUT2D eigenvalue weighted by atomic mass is 19.1. The van der Waals surface area contributed by atoms with Crippen molar-refractivity contribution in [3.8, 4) is 0 Å². The number of alkyl halides is 1. The van der Waals surface area contributed by atoms with E-state index in [0.717, 1.165) is 11.7 Å². The Labute approximate surface area is 146 Å². The molecule has 1 atom stereocenters. The fourth-order valence-corrected chi connectivity index (χ4v) is 2.45. The minimum atomic E-state index is -1.91. The van der Waals surface area contributed by atoms with E-state index in [9.17, 15) is 18.8 Å². The van der Waals surface area contributed by atoms with E-state index in [1.165, 1.54) is 7.11 Å². The molecule has 8 heteroatoms. The van der Waals surface area contributed by atoms with Crippen molar-refractivity contribution in [2.45, 2.75) is 52.8 Å². The zero-order valence-corrected chi connectivity index (χ0v) is 15.6. The van der Waals surface area contributed by atoms with Crippen molar-refractivity contribution in [1.82, 2.24) is 4.57 Å². The van der Waals surface area contributed by atoms with Crippen LogP contribution < -0.4 is 0 Å². The molecule has 140 valence electrons. The lowest BCUT2D eigenvalue weighted by atomic mass is 10.0. The minimum Gasteiger partial charge on any atom is -0.467 e. The molecule has 1 unspecified atom stereocenters. The molecule has 0 spiro atoms. The van der Waals surface area contributed by atoms with Gasteiger partial charge in [-0.25, -0.2) is 23.3 Å². The summed E-state index contributed by atoms with van der Waals surface area (Å²) in [6.45, 7) is 8.15. The summed E-state index contributed by atoms with van der Waals surface area (Å²) in [6.07, 6.45) is -3.03. The average Bonchev–Trinajstić information content (AvgIpc) is 2.76. The summed E-state index contributed by atoms with van der Waals surface area (Å²) >= 11 is 0. The molecule has 7 nitrogen and oxygen atoms in total. The zero-order chi connectivity index (χ0) is 19.5. The van der Waals surface area contributed by atoms with Gasteiger partial charge in [-0.05, 0) is 45.7 Å². The average molecular weight is 357 g/mol. The number of rotatable bonds is 4. The van der Waals surface area contributed by atoms with Gasteiger partial charge in [0.25, 0.3) is 0 Å². The summed E-state index contributed by atoms with van der Waals surface area (Å²) in [5, 5.41) is 0. The SMILES string of the molecule is COC(=O)c1c(C)c(CC(F)C(=O)OC)c(C)n1C(=O)OC(C)(C)C. The maximum Gasteiger partial charge on any atom is 0.419 e. The summed E-state index contributed by atoms with van der Waals surface area (Å²) < 4.78 is 29.5. The molecule has 0 amide bonds. The molecule has 1 rings (SSSR count). The van der Waals surface area contributed by atoms with E-state index in [1.807, 2.05) is 0 Å². The Morgan fingerprint density at radius 3 is 2.12 bits per heavy atom. The molecule has 0 saturated carbocycles. The van der Waals surface area contributed by atoms with Crippen molar-refractivity contribution < 1.29 is 33.0 Å². The first kappa shape index (κ1) is 20.7. The molecular weight excluding hydrogens is 333 g/mol. The number of carbonyl (C=O) groups excluding carboxylic acids is 3. The lowest BCUT2D eigenvalue weighted by molar-refractivity contribution is -0.146. The Balaban J connectivity index is 3.45. The van der Waals surface area contributed by atoms with E-state index in [1.54, 1.807) is 34.6 Å². The largest absolute Gasteiger partial charge is 0.467 e. The first-order valence-corrected chi connectivity index (χ1v) is 7.68. The molecular formula is C17H24FNO6. The van der Waals surface area contributed by atoms with Crippen molar-refractivity contribution in [2.75, 3.05) is 14.2 Å². The Kier molecular flexibility index (Phi) is 6.34. The number of aromatic nitrogens is 1. The van der Waals surface area contributed by atoms with Crippen LogP contribution in [0.5, 0.6) is 0 Å². The molecule has 25 heavy (non-hydrogen) atoms. The van der Waals surface area contributed by atoms with Gasteiger partial charge in [0.1, 0.15) is 11.3 Å².